The second-order valence-electron chi connectivity index (χ2n) is 13.7. The molecule has 0 radical (unpaired) electrons. The van der Waals surface area contributed by atoms with E-state index < -0.39 is 41.1 Å². The smallest absolute Gasteiger partial charge is 0.410 e. The summed E-state index contributed by atoms with van der Waals surface area (Å²) in [6.45, 7) is 11.6. The maximum atomic E-state index is 13.9. The lowest BCUT2D eigenvalue weighted by molar-refractivity contribution is -0.165. The maximum absolute atomic E-state index is 13.9. The van der Waals surface area contributed by atoms with Gasteiger partial charge < -0.3 is 33.9 Å². The van der Waals surface area contributed by atoms with Crippen LogP contribution in [0.5, 0.6) is 5.75 Å². The van der Waals surface area contributed by atoms with Crippen LogP contribution in [0.25, 0.3) is 0 Å². The number of carbonyl (C=O) groups is 3. The molecule has 2 aliphatic heterocycles. The molecular formula is C32H47FN2O8. The molecule has 1 spiro atoms. The van der Waals surface area contributed by atoms with E-state index in [1.165, 1.54) is 0 Å². The SMILES string of the molecule is CC(C)(C)OC(=O)CCOc1ccccc1C1CCC(OCC2N(C(=O)OC(C)(C)C)CCC23COC(F)C(=O)N3)CC1. The molecule has 43 heavy (non-hydrogen) atoms. The zero-order valence-corrected chi connectivity index (χ0v) is 26.3. The first-order valence-electron chi connectivity index (χ1n) is 15.3. The number of morpholine rings is 1. The molecule has 0 bridgehead atoms. The van der Waals surface area contributed by atoms with Gasteiger partial charge in [-0.25, -0.2) is 9.18 Å². The Bertz CT molecular complexity index is 1140. The number of nitrogens with one attached hydrogen (secondary N) is 1. The van der Waals surface area contributed by atoms with Crippen LogP contribution in [-0.2, 0) is 28.5 Å². The summed E-state index contributed by atoms with van der Waals surface area (Å²) >= 11 is 0. The second-order valence-corrected chi connectivity index (χ2v) is 13.7. The van der Waals surface area contributed by atoms with Gasteiger partial charge >= 0.3 is 12.1 Å². The molecule has 0 aromatic heterocycles. The second kappa shape index (κ2) is 13.4. The maximum Gasteiger partial charge on any atom is 0.410 e. The Morgan fingerprint density at radius 1 is 1.05 bits per heavy atom. The van der Waals surface area contributed by atoms with Gasteiger partial charge in [-0.1, -0.05) is 18.2 Å². The van der Waals surface area contributed by atoms with Crippen molar-refractivity contribution in [3.8, 4) is 5.75 Å². The summed E-state index contributed by atoms with van der Waals surface area (Å²) in [5.41, 5.74) is -1.05. The van der Waals surface area contributed by atoms with Crippen molar-refractivity contribution in [1.82, 2.24) is 10.2 Å². The molecule has 1 N–H and O–H groups in total. The third-order valence-corrected chi connectivity index (χ3v) is 8.01. The van der Waals surface area contributed by atoms with E-state index >= 15 is 0 Å². The molecular weight excluding hydrogens is 559 g/mol. The zero-order chi connectivity index (χ0) is 31.4. The number of hydrogen-bond acceptors (Lipinski definition) is 8. The van der Waals surface area contributed by atoms with Crippen LogP contribution < -0.4 is 10.1 Å². The van der Waals surface area contributed by atoms with E-state index in [4.69, 9.17) is 23.7 Å². The summed E-state index contributed by atoms with van der Waals surface area (Å²) < 4.78 is 42.4. The summed E-state index contributed by atoms with van der Waals surface area (Å²) in [7, 11) is 0. The quantitative estimate of drug-likeness (QED) is 0.410. The van der Waals surface area contributed by atoms with Crippen LogP contribution in [0.2, 0.25) is 0 Å². The Hall–Kier alpha value is -2.92. The number of carbonyl (C=O) groups excluding carboxylic acids is 3. The number of alkyl halides is 1. The van der Waals surface area contributed by atoms with Crippen LogP contribution in [0.4, 0.5) is 9.18 Å². The highest BCUT2D eigenvalue weighted by Gasteiger charge is 2.54. The first-order valence-corrected chi connectivity index (χ1v) is 15.3. The number of esters is 1. The minimum absolute atomic E-state index is 0.0382. The number of ether oxygens (including phenoxy) is 5. The first kappa shape index (κ1) is 33.0. The largest absolute Gasteiger partial charge is 0.493 e. The lowest BCUT2D eigenvalue weighted by Crippen LogP contribution is -2.66. The van der Waals surface area contributed by atoms with Crippen molar-refractivity contribution in [2.75, 3.05) is 26.4 Å². The number of benzene rings is 1. The number of rotatable bonds is 8. The molecule has 3 unspecified atom stereocenters. The van der Waals surface area contributed by atoms with Gasteiger partial charge in [0.05, 0.1) is 43.9 Å². The third kappa shape index (κ3) is 8.81. The molecule has 1 aliphatic carbocycles. The fourth-order valence-electron chi connectivity index (χ4n) is 6.03. The molecule has 2 saturated heterocycles. The Morgan fingerprint density at radius 3 is 2.37 bits per heavy atom. The summed E-state index contributed by atoms with van der Waals surface area (Å²) in [6, 6.07) is 7.36. The normalized spacial score (nSPS) is 28.0. The fraction of sp³-hybridized carbons (Fsp3) is 0.719. The summed E-state index contributed by atoms with van der Waals surface area (Å²) in [4.78, 5) is 39.0. The van der Waals surface area contributed by atoms with E-state index in [0.29, 0.717) is 13.0 Å². The summed E-state index contributed by atoms with van der Waals surface area (Å²) in [6.07, 6.45) is 1.39. The number of halogens is 1. The first-order chi connectivity index (χ1) is 20.2. The minimum atomic E-state index is -2.03. The molecule has 4 rings (SSSR count). The summed E-state index contributed by atoms with van der Waals surface area (Å²) in [5.74, 6) is -0.0766. The molecule has 2 heterocycles. The van der Waals surface area contributed by atoms with Crippen LogP contribution in [0.3, 0.4) is 0 Å². The topological polar surface area (TPSA) is 113 Å². The molecule has 1 aromatic carbocycles. The van der Waals surface area contributed by atoms with E-state index in [9.17, 15) is 18.8 Å². The van der Waals surface area contributed by atoms with Gasteiger partial charge in [-0.2, -0.15) is 0 Å². The molecule has 10 nitrogen and oxygen atoms in total. The predicted octanol–water partition coefficient (Wildman–Crippen LogP) is 5.03. The molecule has 3 aliphatic rings. The van der Waals surface area contributed by atoms with Gasteiger partial charge in [-0.3, -0.25) is 9.59 Å². The lowest BCUT2D eigenvalue weighted by atomic mass is 9.82. The monoisotopic (exact) mass is 606 g/mol. The molecule has 240 valence electrons. The predicted molar refractivity (Wildman–Crippen MR) is 156 cm³/mol. The Balaban J connectivity index is 1.34. The van der Waals surface area contributed by atoms with E-state index in [2.05, 4.69) is 11.4 Å². The van der Waals surface area contributed by atoms with Crippen molar-refractivity contribution >= 4 is 18.0 Å². The van der Waals surface area contributed by atoms with Gasteiger partial charge in [-0.05, 0) is 91.2 Å². The Morgan fingerprint density at radius 2 is 1.72 bits per heavy atom. The average Bonchev–Trinajstić information content (AvgIpc) is 3.26. The third-order valence-electron chi connectivity index (χ3n) is 8.01. The van der Waals surface area contributed by atoms with Crippen molar-refractivity contribution in [3.63, 3.8) is 0 Å². The van der Waals surface area contributed by atoms with Crippen LogP contribution in [0.15, 0.2) is 24.3 Å². The van der Waals surface area contributed by atoms with E-state index in [0.717, 1.165) is 37.0 Å². The number of likely N-dealkylation sites (tertiary alicyclic amines) is 1. The van der Waals surface area contributed by atoms with Crippen LogP contribution in [0.1, 0.15) is 91.5 Å². The molecule has 3 atom stereocenters. The van der Waals surface area contributed by atoms with Crippen molar-refractivity contribution in [2.45, 2.75) is 121 Å². The molecule has 2 amide bonds. The lowest BCUT2D eigenvalue weighted by Gasteiger charge is -2.42. The van der Waals surface area contributed by atoms with Gasteiger partial charge in [0.25, 0.3) is 12.3 Å². The van der Waals surface area contributed by atoms with Gasteiger partial charge in [0.1, 0.15) is 17.0 Å². The van der Waals surface area contributed by atoms with Gasteiger partial charge in [0.2, 0.25) is 0 Å². The number of para-hydroxylation sites is 1. The average molecular weight is 607 g/mol. The highest BCUT2D eigenvalue weighted by atomic mass is 19.1. The minimum Gasteiger partial charge on any atom is -0.493 e. The number of amides is 2. The van der Waals surface area contributed by atoms with Crippen molar-refractivity contribution < 1.29 is 42.5 Å². The van der Waals surface area contributed by atoms with Gasteiger partial charge in [0, 0.05) is 6.54 Å². The van der Waals surface area contributed by atoms with E-state index in [1.54, 1.807) is 25.7 Å². The molecule has 1 saturated carbocycles. The van der Waals surface area contributed by atoms with Crippen LogP contribution in [-0.4, -0.2) is 84.5 Å². The summed E-state index contributed by atoms with van der Waals surface area (Å²) in [5, 5.41) is 2.79. The fourth-order valence-corrected chi connectivity index (χ4v) is 6.03. The number of nitrogens with zero attached hydrogens (tertiary/aromatic N) is 1. The Kier molecular flexibility index (Phi) is 10.3. The van der Waals surface area contributed by atoms with E-state index in [1.807, 2.05) is 39.0 Å². The molecule has 11 heteroatoms. The highest BCUT2D eigenvalue weighted by Crippen LogP contribution is 2.39. The van der Waals surface area contributed by atoms with Crippen molar-refractivity contribution in [1.29, 1.82) is 0 Å². The number of hydrogen-bond donors (Lipinski definition) is 1. The van der Waals surface area contributed by atoms with Crippen molar-refractivity contribution in [2.24, 2.45) is 0 Å². The highest BCUT2D eigenvalue weighted by molar-refractivity contribution is 5.81. The Labute approximate surface area is 253 Å². The van der Waals surface area contributed by atoms with E-state index in [-0.39, 0.29) is 44.2 Å². The van der Waals surface area contributed by atoms with Gasteiger partial charge in [-0.15, -0.1) is 0 Å². The standard InChI is InChI=1S/C32H47FN2O8/c1-30(2,3)42-26(36)15-18-39-24-10-8-7-9-23(24)21-11-13-22(14-12-21)40-19-25-32(20-41-27(33)28(37)34-32)16-17-35(25)29(38)43-31(4,5)6/h7-10,21-22,25,27H,11-20H2,1-6H3,(H,34,37). The van der Waals surface area contributed by atoms with Crippen LogP contribution >= 0.6 is 0 Å². The van der Waals surface area contributed by atoms with Crippen LogP contribution in [0, 0.1) is 0 Å². The van der Waals surface area contributed by atoms with Crippen molar-refractivity contribution in [3.05, 3.63) is 29.8 Å². The molecule has 1 aromatic rings. The zero-order valence-electron chi connectivity index (χ0n) is 26.3. The van der Waals surface area contributed by atoms with Gasteiger partial charge in [0.15, 0.2) is 0 Å². The molecule has 3 fully saturated rings.